The van der Waals surface area contributed by atoms with E-state index < -0.39 is 0 Å². The Morgan fingerprint density at radius 3 is 2.78 bits per heavy atom. The average Bonchev–Trinajstić information content (AvgIpc) is 2.14. The first-order valence-electron chi connectivity index (χ1n) is 2.28. The van der Waals surface area contributed by atoms with Crippen LogP contribution in [0.5, 0.6) is 0 Å². The Morgan fingerprint density at radius 1 is 1.89 bits per heavy atom. The number of halogens is 1. The number of aromatic nitrogens is 3. The van der Waals surface area contributed by atoms with Crippen LogP contribution < -0.4 is 0 Å². The summed E-state index contributed by atoms with van der Waals surface area (Å²) in [6.07, 6.45) is 1.27. The SMILES string of the molecule is CC(=O)n1cnc(Cl)n1. The number of rotatable bonds is 0. The van der Waals surface area contributed by atoms with Crippen LogP contribution in [0.2, 0.25) is 5.28 Å². The molecule has 1 aromatic heterocycles. The molecule has 0 spiro atoms. The molecule has 4 nitrogen and oxygen atoms in total. The van der Waals surface area contributed by atoms with Crippen molar-refractivity contribution in [2.24, 2.45) is 0 Å². The number of hydrogen-bond donors (Lipinski definition) is 0. The third-order valence-corrected chi connectivity index (χ3v) is 0.960. The lowest BCUT2D eigenvalue weighted by molar-refractivity contribution is 0.0921. The molecule has 0 amide bonds. The smallest absolute Gasteiger partial charge is 0.245 e. The number of hydrogen-bond acceptors (Lipinski definition) is 3. The molecule has 9 heavy (non-hydrogen) atoms. The van der Waals surface area contributed by atoms with E-state index in [9.17, 15) is 4.79 Å². The van der Waals surface area contributed by atoms with Gasteiger partial charge < -0.3 is 0 Å². The molecule has 48 valence electrons. The fourth-order valence-electron chi connectivity index (χ4n) is 0.395. The Balaban J connectivity index is 2.98. The molecule has 0 aromatic carbocycles. The number of carbonyl (C=O) groups is 1. The fraction of sp³-hybridized carbons (Fsp3) is 0.250. The van der Waals surface area contributed by atoms with Crippen molar-refractivity contribution in [3.05, 3.63) is 11.6 Å². The maximum absolute atomic E-state index is 10.5. The lowest BCUT2D eigenvalue weighted by Crippen LogP contribution is -2.05. The van der Waals surface area contributed by atoms with Crippen molar-refractivity contribution in [3.8, 4) is 0 Å². The lowest BCUT2D eigenvalue weighted by atomic mass is 10.7. The van der Waals surface area contributed by atoms with E-state index >= 15 is 0 Å². The third-order valence-electron chi connectivity index (χ3n) is 0.787. The fourth-order valence-corrected chi connectivity index (χ4v) is 0.520. The van der Waals surface area contributed by atoms with Gasteiger partial charge in [0.05, 0.1) is 0 Å². The van der Waals surface area contributed by atoms with E-state index in [1.807, 2.05) is 0 Å². The van der Waals surface area contributed by atoms with Gasteiger partial charge in [0.25, 0.3) is 0 Å². The molecular weight excluding hydrogens is 142 g/mol. The van der Waals surface area contributed by atoms with Crippen molar-refractivity contribution >= 4 is 17.5 Å². The van der Waals surface area contributed by atoms with Crippen LogP contribution in [0.3, 0.4) is 0 Å². The Labute approximate surface area is 56.5 Å². The molecule has 0 aliphatic rings. The van der Waals surface area contributed by atoms with Crippen molar-refractivity contribution in [1.82, 2.24) is 14.8 Å². The van der Waals surface area contributed by atoms with E-state index in [-0.39, 0.29) is 11.2 Å². The van der Waals surface area contributed by atoms with E-state index in [1.165, 1.54) is 13.3 Å². The average molecular weight is 146 g/mol. The van der Waals surface area contributed by atoms with E-state index in [0.29, 0.717) is 0 Å². The summed E-state index contributed by atoms with van der Waals surface area (Å²) in [6.45, 7) is 1.38. The Hall–Kier alpha value is -0.900. The number of carbonyl (C=O) groups excluding carboxylic acids is 1. The van der Waals surface area contributed by atoms with Crippen LogP contribution in [0.15, 0.2) is 6.33 Å². The van der Waals surface area contributed by atoms with E-state index in [0.717, 1.165) is 4.68 Å². The molecule has 5 heteroatoms. The summed E-state index contributed by atoms with van der Waals surface area (Å²) in [5.41, 5.74) is 0. The minimum absolute atomic E-state index is 0.0881. The van der Waals surface area contributed by atoms with E-state index in [2.05, 4.69) is 10.1 Å². The Kier molecular flexibility index (Phi) is 1.48. The summed E-state index contributed by atoms with van der Waals surface area (Å²) in [4.78, 5) is 14.0. The van der Waals surface area contributed by atoms with Crippen LogP contribution in [0.25, 0.3) is 0 Å². The largest absolute Gasteiger partial charge is 0.273 e. The molecule has 0 fully saturated rings. The zero-order valence-corrected chi connectivity index (χ0v) is 5.46. The molecule has 0 radical (unpaired) electrons. The topological polar surface area (TPSA) is 47.8 Å². The molecule has 1 heterocycles. The summed E-state index contributed by atoms with van der Waals surface area (Å²) in [5.74, 6) is -0.200. The molecule has 0 saturated carbocycles. The zero-order chi connectivity index (χ0) is 6.85. The molecule has 0 bridgehead atoms. The second-order valence-corrected chi connectivity index (χ2v) is 1.82. The highest BCUT2D eigenvalue weighted by atomic mass is 35.5. The molecule has 0 aliphatic heterocycles. The summed E-state index contributed by atoms with van der Waals surface area (Å²) in [7, 11) is 0. The molecule has 1 rings (SSSR count). The predicted molar refractivity (Wildman–Crippen MR) is 31.3 cm³/mol. The minimum atomic E-state index is -0.200. The van der Waals surface area contributed by atoms with E-state index in [4.69, 9.17) is 11.6 Å². The van der Waals surface area contributed by atoms with Gasteiger partial charge in [0, 0.05) is 6.92 Å². The maximum Gasteiger partial charge on any atom is 0.245 e. The van der Waals surface area contributed by atoms with Gasteiger partial charge in [0.2, 0.25) is 11.2 Å². The van der Waals surface area contributed by atoms with Crippen molar-refractivity contribution in [3.63, 3.8) is 0 Å². The first-order chi connectivity index (χ1) is 4.20. The molecule has 0 N–H and O–H groups in total. The van der Waals surface area contributed by atoms with Crippen LogP contribution in [0, 0.1) is 0 Å². The number of nitrogens with zero attached hydrogens (tertiary/aromatic N) is 3. The summed E-state index contributed by atoms with van der Waals surface area (Å²) in [5, 5.41) is 3.62. The van der Waals surface area contributed by atoms with Gasteiger partial charge in [-0.2, -0.15) is 4.68 Å². The zero-order valence-electron chi connectivity index (χ0n) is 4.71. The van der Waals surface area contributed by atoms with Crippen molar-refractivity contribution < 1.29 is 4.79 Å². The van der Waals surface area contributed by atoms with Gasteiger partial charge in [0.15, 0.2) is 0 Å². The Bertz CT molecular complexity index is 231. The third kappa shape index (κ3) is 1.26. The second-order valence-electron chi connectivity index (χ2n) is 1.48. The molecule has 1 aromatic rings. The Morgan fingerprint density at radius 2 is 2.56 bits per heavy atom. The van der Waals surface area contributed by atoms with Gasteiger partial charge in [-0.3, -0.25) is 4.79 Å². The van der Waals surface area contributed by atoms with Gasteiger partial charge in [-0.15, -0.1) is 5.10 Å². The van der Waals surface area contributed by atoms with Gasteiger partial charge in [-0.25, -0.2) is 4.98 Å². The lowest BCUT2D eigenvalue weighted by Gasteiger charge is -1.85. The first-order valence-corrected chi connectivity index (χ1v) is 2.66. The first kappa shape index (κ1) is 6.22. The molecule has 0 aliphatic carbocycles. The predicted octanol–water partition coefficient (Wildman–Crippen LogP) is 0.592. The van der Waals surface area contributed by atoms with Gasteiger partial charge in [0.1, 0.15) is 6.33 Å². The van der Waals surface area contributed by atoms with Gasteiger partial charge >= 0.3 is 0 Å². The standard InChI is InChI=1S/C4H4ClN3O/c1-3(9)8-2-6-4(5)7-8/h2H,1H3. The van der Waals surface area contributed by atoms with Crippen LogP contribution in [0.4, 0.5) is 0 Å². The molecule has 0 unspecified atom stereocenters. The van der Waals surface area contributed by atoms with Crippen LogP contribution >= 0.6 is 11.6 Å². The quantitative estimate of drug-likeness (QED) is 0.537. The summed E-state index contributed by atoms with van der Waals surface area (Å²) < 4.78 is 1.07. The molecular formula is C4H4ClN3O. The molecule has 0 atom stereocenters. The van der Waals surface area contributed by atoms with Crippen LogP contribution in [0.1, 0.15) is 11.7 Å². The van der Waals surface area contributed by atoms with Gasteiger partial charge in [-0.1, -0.05) is 0 Å². The van der Waals surface area contributed by atoms with Crippen LogP contribution in [-0.4, -0.2) is 20.7 Å². The monoisotopic (exact) mass is 145 g/mol. The molecule has 0 saturated heterocycles. The van der Waals surface area contributed by atoms with Gasteiger partial charge in [-0.05, 0) is 11.6 Å². The highest BCUT2D eigenvalue weighted by Gasteiger charge is 1.98. The second kappa shape index (κ2) is 2.14. The minimum Gasteiger partial charge on any atom is -0.273 e. The normalized spacial score (nSPS) is 9.56. The van der Waals surface area contributed by atoms with E-state index in [1.54, 1.807) is 0 Å². The highest BCUT2D eigenvalue weighted by Crippen LogP contribution is 1.95. The highest BCUT2D eigenvalue weighted by molar-refractivity contribution is 6.28. The van der Waals surface area contributed by atoms with Crippen molar-refractivity contribution in [1.29, 1.82) is 0 Å². The maximum atomic E-state index is 10.5. The van der Waals surface area contributed by atoms with Crippen LogP contribution in [-0.2, 0) is 0 Å². The summed E-state index contributed by atoms with van der Waals surface area (Å²) in [6, 6.07) is 0. The summed E-state index contributed by atoms with van der Waals surface area (Å²) >= 11 is 5.31. The van der Waals surface area contributed by atoms with Crippen molar-refractivity contribution in [2.45, 2.75) is 6.92 Å². The van der Waals surface area contributed by atoms with Crippen molar-refractivity contribution in [2.75, 3.05) is 0 Å².